The van der Waals surface area contributed by atoms with Crippen molar-refractivity contribution in [3.05, 3.63) is 65.7 Å². The number of nitrogens with zero attached hydrogens (tertiary/aromatic N) is 2. The highest BCUT2D eigenvalue weighted by Gasteiger charge is 2.25. The normalized spacial score (nSPS) is 12.1. The molecule has 0 radical (unpaired) electrons. The standard InChI is InChI=1S/C21H26N2O2S/c1-4-21(2,3)19-11-13-20(14-12-19)26(24,25)23(16-8-15-22)17-18-9-6-5-7-10-18/h5-7,9-14H,4,8,16-17H2,1-3H3. The average molecular weight is 371 g/mol. The Balaban J connectivity index is 2.32. The predicted octanol–water partition coefficient (Wildman–Crippen LogP) is 4.48. The van der Waals surface area contributed by atoms with E-state index in [2.05, 4.69) is 20.8 Å². The van der Waals surface area contributed by atoms with Crippen molar-refractivity contribution in [3.63, 3.8) is 0 Å². The number of sulfonamides is 1. The Hall–Kier alpha value is -2.16. The SMILES string of the molecule is CCC(C)(C)c1ccc(S(=O)(=O)N(CCC#N)Cc2ccccc2)cc1. The molecular weight excluding hydrogens is 344 g/mol. The molecule has 0 saturated heterocycles. The van der Waals surface area contributed by atoms with E-state index < -0.39 is 10.0 Å². The Morgan fingerprint density at radius 2 is 1.65 bits per heavy atom. The molecule has 0 saturated carbocycles. The molecule has 5 heteroatoms. The molecule has 4 nitrogen and oxygen atoms in total. The third-order valence-electron chi connectivity index (χ3n) is 4.83. The highest BCUT2D eigenvalue weighted by molar-refractivity contribution is 7.89. The third-order valence-corrected chi connectivity index (χ3v) is 6.69. The lowest BCUT2D eigenvalue weighted by Gasteiger charge is -2.25. The molecule has 2 rings (SSSR count). The zero-order valence-corrected chi connectivity index (χ0v) is 16.5. The first-order chi connectivity index (χ1) is 12.3. The molecule has 0 heterocycles. The van der Waals surface area contributed by atoms with E-state index in [0.29, 0.717) is 0 Å². The quantitative estimate of drug-likeness (QED) is 0.688. The first-order valence-corrected chi connectivity index (χ1v) is 10.3. The summed E-state index contributed by atoms with van der Waals surface area (Å²) in [5.74, 6) is 0. The van der Waals surface area contributed by atoms with Crippen LogP contribution in [0.25, 0.3) is 0 Å². The number of hydrogen-bond donors (Lipinski definition) is 0. The first kappa shape index (κ1) is 20.2. The summed E-state index contributed by atoms with van der Waals surface area (Å²) in [4.78, 5) is 0.266. The van der Waals surface area contributed by atoms with Crippen molar-refractivity contribution in [1.82, 2.24) is 4.31 Å². The first-order valence-electron chi connectivity index (χ1n) is 8.83. The minimum absolute atomic E-state index is 0.00677. The van der Waals surface area contributed by atoms with Crippen LogP contribution >= 0.6 is 0 Å². The summed E-state index contributed by atoms with van der Waals surface area (Å²) in [6, 6.07) is 18.6. The second kappa shape index (κ2) is 8.48. The van der Waals surface area contributed by atoms with Gasteiger partial charge in [-0.15, -0.1) is 0 Å². The third kappa shape index (κ3) is 4.72. The summed E-state index contributed by atoms with van der Waals surface area (Å²) in [5.41, 5.74) is 2.02. The molecule has 138 valence electrons. The lowest BCUT2D eigenvalue weighted by molar-refractivity contribution is 0.413. The monoisotopic (exact) mass is 370 g/mol. The van der Waals surface area contributed by atoms with Gasteiger partial charge in [0.05, 0.1) is 11.0 Å². The van der Waals surface area contributed by atoms with Crippen LogP contribution in [0.4, 0.5) is 0 Å². The molecule has 0 fully saturated rings. The van der Waals surface area contributed by atoms with Crippen molar-refractivity contribution in [3.8, 4) is 6.07 Å². The zero-order chi connectivity index (χ0) is 19.2. The topological polar surface area (TPSA) is 61.2 Å². The van der Waals surface area contributed by atoms with Gasteiger partial charge in [0, 0.05) is 19.5 Å². The summed E-state index contributed by atoms with van der Waals surface area (Å²) >= 11 is 0. The van der Waals surface area contributed by atoms with Crippen molar-refractivity contribution >= 4 is 10.0 Å². The van der Waals surface area contributed by atoms with Gasteiger partial charge in [-0.2, -0.15) is 9.57 Å². The van der Waals surface area contributed by atoms with Gasteiger partial charge in [-0.1, -0.05) is 63.2 Å². The van der Waals surface area contributed by atoms with Crippen LogP contribution in [-0.2, 0) is 22.0 Å². The number of benzene rings is 2. The predicted molar refractivity (Wildman–Crippen MR) is 104 cm³/mol. The molecule has 0 aliphatic carbocycles. The molecule has 2 aromatic rings. The van der Waals surface area contributed by atoms with Gasteiger partial charge in [0.2, 0.25) is 10.0 Å². The minimum Gasteiger partial charge on any atom is -0.207 e. The number of hydrogen-bond acceptors (Lipinski definition) is 3. The smallest absolute Gasteiger partial charge is 0.207 e. The van der Waals surface area contributed by atoms with Crippen molar-refractivity contribution in [2.75, 3.05) is 6.54 Å². The zero-order valence-electron chi connectivity index (χ0n) is 15.6. The Kier molecular flexibility index (Phi) is 6.57. The molecule has 0 spiro atoms. The molecule has 0 bridgehead atoms. The summed E-state index contributed by atoms with van der Waals surface area (Å²) < 4.78 is 27.6. The molecule has 0 amide bonds. The second-order valence-corrected chi connectivity index (χ2v) is 8.93. The van der Waals surface area contributed by atoms with Crippen LogP contribution in [0, 0.1) is 11.3 Å². The molecule has 0 atom stereocenters. The van der Waals surface area contributed by atoms with E-state index in [9.17, 15) is 8.42 Å². The van der Waals surface area contributed by atoms with Crippen molar-refractivity contribution in [2.45, 2.75) is 50.5 Å². The molecule has 0 aromatic heterocycles. The van der Waals surface area contributed by atoms with Gasteiger partial charge in [-0.25, -0.2) is 8.42 Å². The maximum Gasteiger partial charge on any atom is 0.243 e. The van der Waals surface area contributed by atoms with Crippen LogP contribution in [0.15, 0.2) is 59.5 Å². The van der Waals surface area contributed by atoms with Gasteiger partial charge >= 0.3 is 0 Å². The van der Waals surface area contributed by atoms with Gasteiger partial charge in [0.1, 0.15) is 0 Å². The molecule has 0 N–H and O–H groups in total. The largest absolute Gasteiger partial charge is 0.243 e. The highest BCUT2D eigenvalue weighted by atomic mass is 32.2. The van der Waals surface area contributed by atoms with Gasteiger partial charge < -0.3 is 0 Å². The van der Waals surface area contributed by atoms with Crippen LogP contribution in [0.3, 0.4) is 0 Å². The van der Waals surface area contributed by atoms with Crippen LogP contribution < -0.4 is 0 Å². The van der Waals surface area contributed by atoms with Crippen LogP contribution in [0.2, 0.25) is 0 Å². The number of rotatable bonds is 8. The van der Waals surface area contributed by atoms with Crippen molar-refractivity contribution < 1.29 is 8.42 Å². The van der Waals surface area contributed by atoms with E-state index in [1.165, 1.54) is 4.31 Å². The second-order valence-electron chi connectivity index (χ2n) is 6.99. The molecule has 0 aliphatic heterocycles. The summed E-state index contributed by atoms with van der Waals surface area (Å²) in [5, 5.41) is 8.90. The molecule has 2 aromatic carbocycles. The van der Waals surface area contributed by atoms with Crippen molar-refractivity contribution in [2.24, 2.45) is 0 Å². The summed E-state index contributed by atoms with van der Waals surface area (Å²) in [6.07, 6.45) is 1.13. The fraction of sp³-hybridized carbons (Fsp3) is 0.381. The average Bonchev–Trinajstić information content (AvgIpc) is 2.66. The van der Waals surface area contributed by atoms with E-state index in [1.54, 1.807) is 12.1 Å². The minimum atomic E-state index is -3.66. The van der Waals surface area contributed by atoms with Crippen molar-refractivity contribution in [1.29, 1.82) is 5.26 Å². The van der Waals surface area contributed by atoms with E-state index in [-0.39, 0.29) is 29.8 Å². The van der Waals surface area contributed by atoms with E-state index in [4.69, 9.17) is 5.26 Å². The highest BCUT2D eigenvalue weighted by Crippen LogP contribution is 2.28. The van der Waals surface area contributed by atoms with E-state index in [0.717, 1.165) is 17.5 Å². The lowest BCUT2D eigenvalue weighted by Crippen LogP contribution is -2.31. The maximum atomic E-state index is 13.1. The molecule has 26 heavy (non-hydrogen) atoms. The number of nitriles is 1. The maximum absolute atomic E-state index is 13.1. The lowest BCUT2D eigenvalue weighted by atomic mass is 9.82. The molecule has 0 aliphatic rings. The van der Waals surface area contributed by atoms with E-state index in [1.807, 2.05) is 48.5 Å². The fourth-order valence-corrected chi connectivity index (χ4v) is 4.11. The van der Waals surface area contributed by atoms with Gasteiger partial charge in [-0.3, -0.25) is 0 Å². The Bertz CT molecular complexity index is 851. The summed E-state index contributed by atoms with van der Waals surface area (Å²) in [6.45, 7) is 6.84. The van der Waals surface area contributed by atoms with Crippen LogP contribution in [0.1, 0.15) is 44.7 Å². The Morgan fingerprint density at radius 3 is 2.19 bits per heavy atom. The fourth-order valence-electron chi connectivity index (χ4n) is 2.68. The van der Waals surface area contributed by atoms with Crippen LogP contribution in [0.5, 0.6) is 0 Å². The van der Waals surface area contributed by atoms with Gasteiger partial charge in [0.25, 0.3) is 0 Å². The Labute approximate surface area is 157 Å². The van der Waals surface area contributed by atoms with Gasteiger partial charge in [0.15, 0.2) is 0 Å². The van der Waals surface area contributed by atoms with E-state index >= 15 is 0 Å². The molecule has 0 unspecified atom stereocenters. The van der Waals surface area contributed by atoms with Gasteiger partial charge in [-0.05, 0) is 35.1 Å². The van der Waals surface area contributed by atoms with Crippen LogP contribution in [-0.4, -0.2) is 19.3 Å². The Morgan fingerprint density at radius 1 is 1.04 bits per heavy atom. The molecular formula is C21H26N2O2S. The summed E-state index contributed by atoms with van der Waals surface area (Å²) in [7, 11) is -3.66.